The first kappa shape index (κ1) is 11.2. The van der Waals surface area contributed by atoms with E-state index in [0.29, 0.717) is 9.88 Å². The van der Waals surface area contributed by atoms with Crippen LogP contribution in [0.15, 0.2) is 24.5 Å². The maximum Gasteiger partial charge on any atom is 0.228 e. The lowest BCUT2D eigenvalue weighted by Gasteiger charge is -2.14. The number of thiazole rings is 1. The van der Waals surface area contributed by atoms with E-state index in [-0.39, 0.29) is 11.4 Å². The molecule has 2 rings (SSSR count). The van der Waals surface area contributed by atoms with Crippen molar-refractivity contribution in [1.29, 1.82) is 0 Å². The summed E-state index contributed by atoms with van der Waals surface area (Å²) in [6.07, 6.45) is 3.39. The molecular formula is C12H13FN2S. The van der Waals surface area contributed by atoms with Crippen LogP contribution in [0.1, 0.15) is 25.6 Å². The molecule has 0 aromatic carbocycles. The molecule has 16 heavy (non-hydrogen) atoms. The Bertz CT molecular complexity index is 485. The summed E-state index contributed by atoms with van der Waals surface area (Å²) in [6, 6.07) is 3.71. The third-order valence-corrected chi connectivity index (χ3v) is 3.68. The van der Waals surface area contributed by atoms with E-state index in [4.69, 9.17) is 0 Å². The standard InChI is InChI=1S/C12H13FN2S/c1-12(2,3)9-10(13)15-11(16-9)8-5-4-6-14-7-8/h4-7H,1-3H3. The average Bonchev–Trinajstić information content (AvgIpc) is 2.61. The summed E-state index contributed by atoms with van der Waals surface area (Å²) in [5.41, 5.74) is 0.657. The first-order valence-corrected chi connectivity index (χ1v) is 5.87. The van der Waals surface area contributed by atoms with Gasteiger partial charge in [0.15, 0.2) is 0 Å². The second-order valence-corrected chi connectivity index (χ2v) is 5.63. The number of halogens is 1. The van der Waals surface area contributed by atoms with Gasteiger partial charge < -0.3 is 0 Å². The average molecular weight is 236 g/mol. The molecule has 0 atom stereocenters. The smallest absolute Gasteiger partial charge is 0.228 e. The fourth-order valence-electron chi connectivity index (χ4n) is 1.38. The van der Waals surface area contributed by atoms with E-state index in [0.717, 1.165) is 5.56 Å². The molecule has 0 aliphatic heterocycles. The zero-order valence-corrected chi connectivity index (χ0v) is 10.3. The number of hydrogen-bond donors (Lipinski definition) is 0. The molecule has 0 aliphatic carbocycles. The van der Waals surface area contributed by atoms with Crippen molar-refractivity contribution in [3.63, 3.8) is 0 Å². The van der Waals surface area contributed by atoms with Crippen molar-refractivity contribution in [1.82, 2.24) is 9.97 Å². The zero-order valence-electron chi connectivity index (χ0n) is 9.49. The van der Waals surface area contributed by atoms with E-state index in [1.165, 1.54) is 11.3 Å². The molecule has 0 fully saturated rings. The summed E-state index contributed by atoms with van der Waals surface area (Å²) in [6.45, 7) is 5.95. The Morgan fingerprint density at radius 2 is 2.06 bits per heavy atom. The Labute approximate surface area is 98.2 Å². The molecular weight excluding hydrogens is 223 g/mol. The Hall–Kier alpha value is -1.29. The van der Waals surface area contributed by atoms with Crippen LogP contribution in [-0.4, -0.2) is 9.97 Å². The highest BCUT2D eigenvalue weighted by atomic mass is 32.1. The second-order valence-electron chi connectivity index (χ2n) is 4.63. The molecule has 0 aliphatic rings. The molecule has 0 unspecified atom stereocenters. The maximum absolute atomic E-state index is 13.7. The van der Waals surface area contributed by atoms with Crippen LogP contribution in [0, 0.1) is 5.95 Å². The van der Waals surface area contributed by atoms with Gasteiger partial charge in [0.2, 0.25) is 5.95 Å². The van der Waals surface area contributed by atoms with Crippen LogP contribution in [0.3, 0.4) is 0 Å². The molecule has 0 N–H and O–H groups in total. The molecule has 2 aromatic rings. The van der Waals surface area contributed by atoms with E-state index in [9.17, 15) is 4.39 Å². The Kier molecular flexibility index (Phi) is 2.76. The highest BCUT2D eigenvalue weighted by molar-refractivity contribution is 7.15. The number of pyridine rings is 1. The van der Waals surface area contributed by atoms with Crippen molar-refractivity contribution in [2.24, 2.45) is 0 Å². The van der Waals surface area contributed by atoms with Gasteiger partial charge in [-0.1, -0.05) is 20.8 Å². The Morgan fingerprint density at radius 1 is 1.31 bits per heavy atom. The van der Waals surface area contributed by atoms with Gasteiger partial charge in [0.05, 0.1) is 4.88 Å². The first-order chi connectivity index (χ1) is 7.48. The molecule has 2 nitrogen and oxygen atoms in total. The lowest BCUT2D eigenvalue weighted by Crippen LogP contribution is -2.10. The molecule has 0 saturated heterocycles. The fourth-order valence-corrected chi connectivity index (χ4v) is 2.37. The lowest BCUT2D eigenvalue weighted by atomic mass is 9.95. The third kappa shape index (κ3) is 2.11. The minimum atomic E-state index is -0.364. The topological polar surface area (TPSA) is 25.8 Å². The van der Waals surface area contributed by atoms with Gasteiger partial charge in [-0.25, -0.2) is 4.98 Å². The molecule has 2 aromatic heterocycles. The van der Waals surface area contributed by atoms with Crippen molar-refractivity contribution in [2.45, 2.75) is 26.2 Å². The van der Waals surface area contributed by atoms with Crippen molar-refractivity contribution in [3.8, 4) is 10.6 Å². The van der Waals surface area contributed by atoms with E-state index >= 15 is 0 Å². The minimum Gasteiger partial charge on any atom is -0.264 e. The van der Waals surface area contributed by atoms with E-state index in [1.807, 2.05) is 32.9 Å². The monoisotopic (exact) mass is 236 g/mol. The summed E-state index contributed by atoms with van der Waals surface area (Å²) in [7, 11) is 0. The summed E-state index contributed by atoms with van der Waals surface area (Å²) in [5.74, 6) is -0.364. The number of nitrogens with zero attached hydrogens (tertiary/aromatic N) is 2. The van der Waals surface area contributed by atoms with Crippen molar-refractivity contribution in [2.75, 3.05) is 0 Å². The third-order valence-electron chi connectivity index (χ3n) is 2.18. The number of aromatic nitrogens is 2. The van der Waals surface area contributed by atoms with Crippen LogP contribution in [0.5, 0.6) is 0 Å². The van der Waals surface area contributed by atoms with Gasteiger partial charge in [0, 0.05) is 23.4 Å². The highest BCUT2D eigenvalue weighted by Gasteiger charge is 2.23. The normalized spacial score (nSPS) is 11.8. The number of rotatable bonds is 1. The van der Waals surface area contributed by atoms with Crippen LogP contribution >= 0.6 is 11.3 Å². The first-order valence-electron chi connectivity index (χ1n) is 5.05. The van der Waals surface area contributed by atoms with Gasteiger partial charge in [0.1, 0.15) is 5.01 Å². The Morgan fingerprint density at radius 3 is 2.56 bits per heavy atom. The van der Waals surface area contributed by atoms with E-state index in [2.05, 4.69) is 9.97 Å². The molecule has 4 heteroatoms. The predicted molar refractivity (Wildman–Crippen MR) is 64.0 cm³/mol. The number of hydrogen-bond acceptors (Lipinski definition) is 3. The van der Waals surface area contributed by atoms with E-state index < -0.39 is 0 Å². The fraction of sp³-hybridized carbons (Fsp3) is 0.333. The molecule has 0 amide bonds. The summed E-state index contributed by atoms with van der Waals surface area (Å²) in [5, 5.41) is 0.690. The quantitative estimate of drug-likeness (QED) is 0.755. The van der Waals surface area contributed by atoms with Gasteiger partial charge in [-0.05, 0) is 12.1 Å². The van der Waals surface area contributed by atoms with Crippen molar-refractivity contribution in [3.05, 3.63) is 35.4 Å². The summed E-state index contributed by atoms with van der Waals surface area (Å²) in [4.78, 5) is 8.65. The van der Waals surface area contributed by atoms with Crippen LogP contribution < -0.4 is 0 Å². The van der Waals surface area contributed by atoms with Gasteiger partial charge >= 0.3 is 0 Å². The van der Waals surface area contributed by atoms with Gasteiger partial charge in [0.25, 0.3) is 0 Å². The highest BCUT2D eigenvalue weighted by Crippen LogP contribution is 2.34. The van der Waals surface area contributed by atoms with Crippen molar-refractivity contribution < 1.29 is 4.39 Å². The van der Waals surface area contributed by atoms with Crippen molar-refractivity contribution >= 4 is 11.3 Å². The maximum atomic E-state index is 13.7. The molecule has 84 valence electrons. The largest absolute Gasteiger partial charge is 0.264 e. The zero-order chi connectivity index (χ0) is 11.8. The van der Waals surface area contributed by atoms with Crippen LogP contribution in [0.25, 0.3) is 10.6 Å². The van der Waals surface area contributed by atoms with Crippen LogP contribution in [0.4, 0.5) is 4.39 Å². The summed E-state index contributed by atoms with van der Waals surface area (Å²) < 4.78 is 13.7. The van der Waals surface area contributed by atoms with E-state index in [1.54, 1.807) is 12.4 Å². The second kappa shape index (κ2) is 3.94. The predicted octanol–water partition coefficient (Wildman–Crippen LogP) is 3.64. The van der Waals surface area contributed by atoms with Gasteiger partial charge in [-0.2, -0.15) is 4.39 Å². The molecule has 0 radical (unpaired) electrons. The molecule has 2 heterocycles. The SMILES string of the molecule is CC(C)(C)c1sc(-c2cccnc2)nc1F. The molecule has 0 spiro atoms. The summed E-state index contributed by atoms with van der Waals surface area (Å²) >= 11 is 1.39. The van der Waals surface area contributed by atoms with Gasteiger partial charge in [-0.3, -0.25) is 4.98 Å². The van der Waals surface area contributed by atoms with Crippen LogP contribution in [0.2, 0.25) is 0 Å². The van der Waals surface area contributed by atoms with Crippen LogP contribution in [-0.2, 0) is 5.41 Å². The Balaban J connectivity index is 2.47. The van der Waals surface area contributed by atoms with Gasteiger partial charge in [-0.15, -0.1) is 11.3 Å². The molecule has 0 saturated carbocycles. The lowest BCUT2D eigenvalue weighted by molar-refractivity contribution is 0.517. The minimum absolute atomic E-state index is 0.206. The molecule has 0 bridgehead atoms.